The molecular formula is C25H28N8. The van der Waals surface area contributed by atoms with Crippen LogP contribution >= 0.6 is 0 Å². The van der Waals surface area contributed by atoms with Gasteiger partial charge in [-0.25, -0.2) is 15.0 Å². The Labute approximate surface area is 193 Å². The number of likely N-dealkylation sites (N-methyl/N-ethyl adjacent to an activating group) is 1. The summed E-state index contributed by atoms with van der Waals surface area (Å²) in [6.45, 7) is 9.58. The van der Waals surface area contributed by atoms with Gasteiger partial charge in [-0.3, -0.25) is 9.97 Å². The van der Waals surface area contributed by atoms with Crippen molar-refractivity contribution in [3.8, 4) is 11.1 Å². The number of aryl methyl sites for hydroxylation is 1. The molecule has 0 radical (unpaired) electrons. The highest BCUT2D eigenvalue weighted by Crippen LogP contribution is 2.31. The van der Waals surface area contributed by atoms with Gasteiger partial charge in [0.2, 0.25) is 5.95 Å². The van der Waals surface area contributed by atoms with Gasteiger partial charge in [0.05, 0.1) is 17.4 Å². The topological polar surface area (TPSA) is 83.0 Å². The molecule has 4 heterocycles. The molecule has 1 aliphatic rings. The van der Waals surface area contributed by atoms with Gasteiger partial charge in [-0.05, 0) is 55.8 Å². The van der Waals surface area contributed by atoms with Gasteiger partial charge in [-0.15, -0.1) is 0 Å². The summed E-state index contributed by atoms with van der Waals surface area (Å²) in [5, 5.41) is 4.38. The summed E-state index contributed by atoms with van der Waals surface area (Å²) in [5.41, 5.74) is 5.08. The maximum atomic E-state index is 4.71. The van der Waals surface area contributed by atoms with Crippen molar-refractivity contribution in [3.63, 3.8) is 0 Å². The highest BCUT2D eigenvalue weighted by Gasteiger charge is 2.16. The van der Waals surface area contributed by atoms with E-state index in [9.17, 15) is 0 Å². The fourth-order valence-corrected chi connectivity index (χ4v) is 4.33. The summed E-state index contributed by atoms with van der Waals surface area (Å²) >= 11 is 0. The van der Waals surface area contributed by atoms with E-state index in [-0.39, 0.29) is 0 Å². The van der Waals surface area contributed by atoms with E-state index < -0.39 is 0 Å². The molecule has 0 amide bonds. The number of benzene rings is 1. The molecule has 0 bridgehead atoms. The minimum Gasteiger partial charge on any atom is -0.339 e. The molecule has 1 aromatic carbocycles. The van der Waals surface area contributed by atoms with Crippen LogP contribution in [0.1, 0.15) is 18.9 Å². The zero-order valence-corrected chi connectivity index (χ0v) is 19.1. The molecule has 33 heavy (non-hydrogen) atoms. The monoisotopic (exact) mass is 440 g/mol. The molecule has 0 aliphatic carbocycles. The lowest BCUT2D eigenvalue weighted by atomic mass is 10.00. The Kier molecular flexibility index (Phi) is 6.08. The molecule has 4 aromatic rings. The molecule has 0 unspecified atom stereocenters. The van der Waals surface area contributed by atoms with Gasteiger partial charge in [-0.2, -0.15) is 0 Å². The largest absolute Gasteiger partial charge is 0.339 e. The van der Waals surface area contributed by atoms with Crippen molar-refractivity contribution in [1.82, 2.24) is 29.8 Å². The Bertz CT molecular complexity index is 1230. The lowest BCUT2D eigenvalue weighted by Crippen LogP contribution is -2.31. The Hall–Kier alpha value is -3.65. The van der Waals surface area contributed by atoms with Crippen LogP contribution in [0.15, 0.2) is 55.4 Å². The van der Waals surface area contributed by atoms with Crippen LogP contribution in [-0.4, -0.2) is 62.5 Å². The van der Waals surface area contributed by atoms with Gasteiger partial charge in [-0.1, -0.05) is 6.92 Å². The number of nitrogens with one attached hydrogen (secondary N) is 1. The smallest absolute Gasteiger partial charge is 0.225 e. The number of pyridine rings is 1. The van der Waals surface area contributed by atoms with E-state index in [4.69, 9.17) is 9.97 Å². The zero-order valence-electron chi connectivity index (χ0n) is 19.1. The van der Waals surface area contributed by atoms with Crippen LogP contribution in [0.3, 0.4) is 0 Å². The highest BCUT2D eigenvalue weighted by molar-refractivity contribution is 5.96. The zero-order chi connectivity index (χ0) is 22.6. The van der Waals surface area contributed by atoms with Crippen LogP contribution in [0, 0.1) is 6.92 Å². The minimum absolute atomic E-state index is 0.700. The van der Waals surface area contributed by atoms with Gasteiger partial charge in [0.1, 0.15) is 5.82 Å². The van der Waals surface area contributed by atoms with E-state index in [0.717, 1.165) is 78.4 Å². The molecule has 0 saturated carbocycles. The maximum Gasteiger partial charge on any atom is 0.225 e. The average molecular weight is 441 g/mol. The number of hydrogen-bond donors (Lipinski definition) is 1. The van der Waals surface area contributed by atoms with E-state index in [1.54, 1.807) is 24.8 Å². The first-order chi connectivity index (χ1) is 16.2. The SMILES string of the molecule is CCN1CCCN(c2ncc(-c3cc4nccc(Nc5cnccn5)c4cc3C)cn2)CC1. The Morgan fingerprint density at radius 3 is 2.58 bits per heavy atom. The second-order valence-electron chi connectivity index (χ2n) is 8.31. The molecule has 1 fully saturated rings. The lowest BCUT2D eigenvalue weighted by molar-refractivity contribution is 0.310. The predicted molar refractivity (Wildman–Crippen MR) is 132 cm³/mol. The van der Waals surface area contributed by atoms with Crippen LogP contribution in [0.2, 0.25) is 0 Å². The minimum atomic E-state index is 0.700. The Balaban J connectivity index is 1.41. The van der Waals surface area contributed by atoms with E-state index in [0.29, 0.717) is 5.82 Å². The third kappa shape index (κ3) is 4.61. The standard InChI is InChI=1S/C25H28N8/c1-3-32-9-4-10-33(12-11-32)25-29-15-19(16-30-25)20-14-23-21(13-18(20)2)22(5-6-27-23)31-24-17-26-7-8-28-24/h5-8,13-17H,3-4,9-12H2,1-2H3,(H,27,28,31). The molecule has 1 N–H and O–H groups in total. The third-order valence-corrected chi connectivity index (χ3v) is 6.18. The fourth-order valence-electron chi connectivity index (χ4n) is 4.33. The van der Waals surface area contributed by atoms with Crippen molar-refractivity contribution in [2.45, 2.75) is 20.3 Å². The van der Waals surface area contributed by atoms with E-state index in [1.165, 1.54) is 0 Å². The fraction of sp³-hybridized carbons (Fsp3) is 0.320. The number of fused-ring (bicyclic) bond motifs is 1. The lowest BCUT2D eigenvalue weighted by Gasteiger charge is -2.21. The van der Waals surface area contributed by atoms with Gasteiger partial charge in [0, 0.05) is 61.6 Å². The number of aromatic nitrogens is 5. The predicted octanol–water partition coefficient (Wildman–Crippen LogP) is 4.07. The molecule has 8 heteroatoms. The normalized spacial score (nSPS) is 14.9. The second kappa shape index (κ2) is 9.46. The first kappa shape index (κ1) is 21.2. The molecule has 0 atom stereocenters. The molecule has 3 aromatic heterocycles. The summed E-state index contributed by atoms with van der Waals surface area (Å²) in [7, 11) is 0. The molecular weight excluding hydrogens is 412 g/mol. The molecule has 1 saturated heterocycles. The van der Waals surface area contributed by atoms with Crippen molar-refractivity contribution in [1.29, 1.82) is 0 Å². The summed E-state index contributed by atoms with van der Waals surface area (Å²) in [6, 6.07) is 6.21. The van der Waals surface area contributed by atoms with Crippen molar-refractivity contribution < 1.29 is 0 Å². The quantitative estimate of drug-likeness (QED) is 0.497. The average Bonchev–Trinajstić information content (AvgIpc) is 3.11. The van der Waals surface area contributed by atoms with Gasteiger partial charge in [0.25, 0.3) is 0 Å². The number of rotatable bonds is 5. The van der Waals surface area contributed by atoms with Crippen LogP contribution in [0.25, 0.3) is 22.0 Å². The highest BCUT2D eigenvalue weighted by atomic mass is 15.3. The Morgan fingerprint density at radius 1 is 0.909 bits per heavy atom. The summed E-state index contributed by atoms with van der Waals surface area (Å²) in [5.74, 6) is 1.51. The van der Waals surface area contributed by atoms with E-state index in [1.807, 2.05) is 18.5 Å². The van der Waals surface area contributed by atoms with Crippen molar-refractivity contribution >= 4 is 28.4 Å². The van der Waals surface area contributed by atoms with Gasteiger partial charge < -0.3 is 15.1 Å². The number of nitrogens with zero attached hydrogens (tertiary/aromatic N) is 7. The van der Waals surface area contributed by atoms with E-state index >= 15 is 0 Å². The van der Waals surface area contributed by atoms with Crippen LogP contribution in [0.5, 0.6) is 0 Å². The third-order valence-electron chi connectivity index (χ3n) is 6.18. The van der Waals surface area contributed by atoms with Crippen LogP contribution in [-0.2, 0) is 0 Å². The van der Waals surface area contributed by atoms with E-state index in [2.05, 4.69) is 56.0 Å². The molecule has 168 valence electrons. The summed E-state index contributed by atoms with van der Waals surface area (Å²) in [4.78, 5) is 27.2. The molecule has 0 spiro atoms. The number of anilines is 3. The number of hydrogen-bond acceptors (Lipinski definition) is 8. The Morgan fingerprint density at radius 2 is 1.79 bits per heavy atom. The van der Waals surface area contributed by atoms with Gasteiger partial charge in [0.15, 0.2) is 0 Å². The van der Waals surface area contributed by atoms with Crippen molar-refractivity contribution in [2.24, 2.45) is 0 Å². The summed E-state index contributed by atoms with van der Waals surface area (Å²) in [6.07, 6.45) is 11.8. The van der Waals surface area contributed by atoms with Crippen LogP contribution < -0.4 is 10.2 Å². The van der Waals surface area contributed by atoms with Crippen LogP contribution in [0.4, 0.5) is 17.5 Å². The van der Waals surface area contributed by atoms with Crippen molar-refractivity contribution in [3.05, 3.63) is 60.9 Å². The van der Waals surface area contributed by atoms with Gasteiger partial charge >= 0.3 is 0 Å². The van der Waals surface area contributed by atoms with Crippen molar-refractivity contribution in [2.75, 3.05) is 42.9 Å². The maximum absolute atomic E-state index is 4.71. The second-order valence-corrected chi connectivity index (χ2v) is 8.31. The summed E-state index contributed by atoms with van der Waals surface area (Å²) < 4.78 is 0. The first-order valence-corrected chi connectivity index (χ1v) is 11.4. The molecule has 1 aliphatic heterocycles. The molecule has 8 nitrogen and oxygen atoms in total. The molecule has 5 rings (SSSR count). The first-order valence-electron chi connectivity index (χ1n) is 11.4.